The number of aliphatic hydroxyl groups is 1. The molecule has 1 aliphatic carbocycles. The molecule has 1 fully saturated rings. The van der Waals surface area contributed by atoms with Crippen LogP contribution in [0.1, 0.15) is 59.3 Å². The Morgan fingerprint density at radius 2 is 1.95 bits per heavy atom. The second-order valence-electron chi connectivity index (χ2n) is 6.67. The zero-order valence-electron chi connectivity index (χ0n) is 12.6. The molecule has 1 aliphatic rings. The van der Waals surface area contributed by atoms with Crippen molar-refractivity contribution in [2.24, 2.45) is 11.8 Å². The van der Waals surface area contributed by atoms with Crippen molar-refractivity contribution in [3.05, 3.63) is 0 Å². The van der Waals surface area contributed by atoms with Crippen molar-refractivity contribution in [2.45, 2.75) is 64.9 Å². The van der Waals surface area contributed by atoms with Gasteiger partial charge in [0.25, 0.3) is 0 Å². The summed E-state index contributed by atoms with van der Waals surface area (Å²) in [6.45, 7) is 6.17. The molecule has 4 heteroatoms. The molecule has 0 aromatic rings. The Kier molecular flexibility index (Phi) is 6.63. The van der Waals surface area contributed by atoms with E-state index in [1.54, 1.807) is 0 Å². The van der Waals surface area contributed by atoms with Gasteiger partial charge >= 0.3 is 6.09 Å². The number of hydrogen-bond acceptors (Lipinski definition) is 3. The molecule has 4 nitrogen and oxygen atoms in total. The predicted molar refractivity (Wildman–Crippen MR) is 76.0 cm³/mol. The summed E-state index contributed by atoms with van der Waals surface area (Å²) >= 11 is 0. The minimum atomic E-state index is -0.470. The lowest BCUT2D eigenvalue weighted by molar-refractivity contribution is 0.0507. The predicted octanol–water partition coefficient (Wildman–Crippen LogP) is 3.09. The maximum absolute atomic E-state index is 11.6. The van der Waals surface area contributed by atoms with E-state index >= 15 is 0 Å². The van der Waals surface area contributed by atoms with Gasteiger partial charge < -0.3 is 15.2 Å². The summed E-state index contributed by atoms with van der Waals surface area (Å²) in [6, 6.07) is 0. The van der Waals surface area contributed by atoms with E-state index in [2.05, 4.69) is 5.32 Å². The lowest BCUT2D eigenvalue weighted by atomic mass is 9.83. The Bertz CT molecular complexity index is 267. The quantitative estimate of drug-likeness (QED) is 0.808. The number of carbonyl (C=O) groups is 1. The largest absolute Gasteiger partial charge is 0.444 e. The third kappa shape index (κ3) is 7.41. The summed E-state index contributed by atoms with van der Waals surface area (Å²) in [5.41, 5.74) is -0.470. The minimum absolute atomic E-state index is 0.131. The van der Waals surface area contributed by atoms with Gasteiger partial charge in [-0.2, -0.15) is 0 Å². The molecule has 0 heterocycles. The van der Waals surface area contributed by atoms with Gasteiger partial charge in [0.05, 0.1) is 0 Å². The molecule has 0 saturated heterocycles. The normalized spacial score (nSPS) is 18.9. The molecule has 0 bridgehead atoms. The fraction of sp³-hybridized carbons (Fsp3) is 0.933. The summed E-state index contributed by atoms with van der Waals surface area (Å²) in [5.74, 6) is 0.863. The Morgan fingerprint density at radius 1 is 1.32 bits per heavy atom. The Balaban J connectivity index is 2.25. The molecule has 1 rings (SSSR count). The van der Waals surface area contributed by atoms with Crippen LogP contribution in [0, 0.1) is 11.8 Å². The fourth-order valence-electron chi connectivity index (χ4n) is 2.66. The van der Waals surface area contributed by atoms with Crippen LogP contribution in [0.25, 0.3) is 0 Å². The maximum Gasteiger partial charge on any atom is 0.407 e. The average Bonchev–Trinajstić information content (AvgIpc) is 2.33. The van der Waals surface area contributed by atoms with Crippen LogP contribution in [0.3, 0.4) is 0 Å². The molecule has 2 N–H and O–H groups in total. The van der Waals surface area contributed by atoms with Gasteiger partial charge in [-0.15, -0.1) is 0 Å². The molecular weight excluding hydrogens is 242 g/mol. The molecule has 0 radical (unpaired) electrons. The second kappa shape index (κ2) is 7.73. The monoisotopic (exact) mass is 271 g/mol. The van der Waals surface area contributed by atoms with Crippen molar-refractivity contribution < 1.29 is 14.6 Å². The van der Waals surface area contributed by atoms with E-state index < -0.39 is 11.7 Å². The summed E-state index contributed by atoms with van der Waals surface area (Å²) in [5, 5.41) is 12.2. The van der Waals surface area contributed by atoms with Gasteiger partial charge in [-0.1, -0.05) is 32.1 Å². The zero-order chi connectivity index (χ0) is 14.3. The average molecular weight is 271 g/mol. The molecule has 0 aromatic heterocycles. The van der Waals surface area contributed by atoms with Crippen molar-refractivity contribution in [1.82, 2.24) is 5.32 Å². The van der Waals surface area contributed by atoms with Crippen LogP contribution in [0.2, 0.25) is 0 Å². The SMILES string of the molecule is CC(C)(C)OC(=O)NCC(CO)CC1CCCCC1. The highest BCUT2D eigenvalue weighted by atomic mass is 16.6. The molecule has 1 amide bonds. The van der Waals surface area contributed by atoms with Gasteiger partial charge in [0.1, 0.15) is 5.60 Å². The van der Waals surface area contributed by atoms with Crippen LogP contribution in [0.5, 0.6) is 0 Å². The summed E-state index contributed by atoms with van der Waals surface area (Å²) in [6.07, 6.45) is 7.11. The van der Waals surface area contributed by atoms with E-state index in [-0.39, 0.29) is 12.5 Å². The molecule has 0 aromatic carbocycles. The third-order valence-electron chi connectivity index (χ3n) is 3.58. The molecule has 19 heavy (non-hydrogen) atoms. The highest BCUT2D eigenvalue weighted by Crippen LogP contribution is 2.28. The third-order valence-corrected chi connectivity index (χ3v) is 3.58. The topological polar surface area (TPSA) is 58.6 Å². The number of nitrogens with one attached hydrogen (secondary N) is 1. The first-order valence-electron chi connectivity index (χ1n) is 7.48. The Labute approximate surface area is 116 Å². The first-order chi connectivity index (χ1) is 8.90. The molecule has 0 aliphatic heterocycles. The van der Waals surface area contributed by atoms with E-state index in [0.717, 1.165) is 6.42 Å². The summed E-state index contributed by atoms with van der Waals surface area (Å²) in [7, 11) is 0. The van der Waals surface area contributed by atoms with Gasteiger partial charge in [0, 0.05) is 13.2 Å². The minimum Gasteiger partial charge on any atom is -0.444 e. The molecule has 0 spiro atoms. The van der Waals surface area contributed by atoms with E-state index in [4.69, 9.17) is 4.74 Å². The van der Waals surface area contributed by atoms with Gasteiger partial charge in [-0.25, -0.2) is 4.79 Å². The first kappa shape index (κ1) is 16.3. The van der Waals surface area contributed by atoms with E-state index in [9.17, 15) is 9.90 Å². The number of rotatable bonds is 5. The number of hydrogen-bond donors (Lipinski definition) is 2. The van der Waals surface area contributed by atoms with Crippen molar-refractivity contribution in [3.63, 3.8) is 0 Å². The van der Waals surface area contributed by atoms with Gasteiger partial charge in [-0.3, -0.25) is 0 Å². The Hall–Kier alpha value is -0.770. The highest BCUT2D eigenvalue weighted by molar-refractivity contribution is 5.67. The number of alkyl carbamates (subject to hydrolysis) is 1. The lowest BCUT2D eigenvalue weighted by Crippen LogP contribution is -2.36. The number of carbonyl (C=O) groups excluding carboxylic acids is 1. The molecule has 1 atom stereocenters. The Morgan fingerprint density at radius 3 is 2.47 bits per heavy atom. The van der Waals surface area contributed by atoms with E-state index in [0.29, 0.717) is 12.5 Å². The number of ether oxygens (including phenoxy) is 1. The van der Waals surface area contributed by atoms with Gasteiger partial charge in [0.15, 0.2) is 0 Å². The van der Waals surface area contributed by atoms with E-state index in [1.807, 2.05) is 20.8 Å². The van der Waals surface area contributed by atoms with Gasteiger partial charge in [-0.05, 0) is 39.0 Å². The van der Waals surface area contributed by atoms with Crippen molar-refractivity contribution in [2.75, 3.05) is 13.2 Å². The maximum atomic E-state index is 11.6. The number of aliphatic hydroxyl groups excluding tert-OH is 1. The van der Waals surface area contributed by atoms with Crippen LogP contribution >= 0.6 is 0 Å². The van der Waals surface area contributed by atoms with Crippen LogP contribution in [-0.2, 0) is 4.74 Å². The molecule has 1 saturated carbocycles. The first-order valence-corrected chi connectivity index (χ1v) is 7.48. The zero-order valence-corrected chi connectivity index (χ0v) is 12.6. The summed E-state index contributed by atoms with van der Waals surface area (Å²) in [4.78, 5) is 11.6. The smallest absolute Gasteiger partial charge is 0.407 e. The highest BCUT2D eigenvalue weighted by Gasteiger charge is 2.20. The molecule has 1 unspecified atom stereocenters. The van der Waals surface area contributed by atoms with Crippen molar-refractivity contribution >= 4 is 6.09 Å². The van der Waals surface area contributed by atoms with Crippen LogP contribution in [0.15, 0.2) is 0 Å². The van der Waals surface area contributed by atoms with E-state index in [1.165, 1.54) is 32.1 Å². The van der Waals surface area contributed by atoms with Gasteiger partial charge in [0.2, 0.25) is 0 Å². The van der Waals surface area contributed by atoms with Crippen LogP contribution in [-0.4, -0.2) is 30.0 Å². The van der Waals surface area contributed by atoms with Crippen molar-refractivity contribution in [3.8, 4) is 0 Å². The lowest BCUT2D eigenvalue weighted by Gasteiger charge is -2.26. The number of amides is 1. The molecule has 112 valence electrons. The van der Waals surface area contributed by atoms with Crippen LogP contribution < -0.4 is 5.32 Å². The van der Waals surface area contributed by atoms with Crippen LogP contribution in [0.4, 0.5) is 4.79 Å². The standard InChI is InChI=1S/C15H29NO3/c1-15(2,3)19-14(18)16-10-13(11-17)9-12-7-5-4-6-8-12/h12-13,17H,4-11H2,1-3H3,(H,16,18). The second-order valence-corrected chi connectivity index (χ2v) is 6.67. The summed E-state index contributed by atoms with van der Waals surface area (Å²) < 4.78 is 5.19. The fourth-order valence-corrected chi connectivity index (χ4v) is 2.66. The molecular formula is C15H29NO3. The van der Waals surface area contributed by atoms with Crippen molar-refractivity contribution in [1.29, 1.82) is 0 Å².